The van der Waals surface area contributed by atoms with Crippen LogP contribution < -0.4 is 0 Å². The Bertz CT molecular complexity index is 1220. The molecule has 1 aromatic heterocycles. The zero-order valence-electron chi connectivity index (χ0n) is 20.9. The average Bonchev–Trinajstić information content (AvgIpc) is 3.33. The van der Waals surface area contributed by atoms with E-state index in [1.54, 1.807) is 18.2 Å². The van der Waals surface area contributed by atoms with Crippen molar-refractivity contribution in [1.29, 1.82) is 0 Å². The van der Waals surface area contributed by atoms with Gasteiger partial charge in [0.15, 0.2) is 11.6 Å². The topological polar surface area (TPSA) is 97.0 Å². The van der Waals surface area contributed by atoms with Gasteiger partial charge in [-0.05, 0) is 68.6 Å². The fraction of sp³-hybridized carbons (Fsp3) is 0.448. The minimum Gasteiger partial charge on any atom is -0.459 e. The monoisotopic (exact) mass is 488 g/mol. The molecule has 3 aliphatic rings. The maximum atomic E-state index is 13.7. The second-order valence-electron chi connectivity index (χ2n) is 10.3. The van der Waals surface area contributed by atoms with E-state index in [0.29, 0.717) is 41.8 Å². The lowest BCUT2D eigenvalue weighted by Crippen LogP contribution is -2.50. The first kappa shape index (κ1) is 24.9. The van der Waals surface area contributed by atoms with E-state index in [4.69, 9.17) is 9.07 Å². The fourth-order valence-electron chi connectivity index (χ4n) is 6.44. The summed E-state index contributed by atoms with van der Waals surface area (Å²) in [7, 11) is -0.966. The summed E-state index contributed by atoms with van der Waals surface area (Å²) in [5.41, 5.74) is 4.51. The Morgan fingerprint density at radius 2 is 1.86 bits per heavy atom. The Hall–Kier alpha value is -2.74. The number of carbonyl (C=O) groups is 2. The van der Waals surface area contributed by atoms with E-state index in [0.717, 1.165) is 30.4 Å². The van der Waals surface area contributed by atoms with Crippen molar-refractivity contribution in [3.05, 3.63) is 75.8 Å². The zero-order valence-corrected chi connectivity index (χ0v) is 20.9. The van der Waals surface area contributed by atoms with E-state index in [1.165, 1.54) is 5.57 Å². The zero-order chi connectivity index (χ0) is 25.4. The molecule has 2 aromatic rings. The Morgan fingerprint density at radius 1 is 1.11 bits per heavy atom. The van der Waals surface area contributed by atoms with Crippen LogP contribution in [0.3, 0.4) is 0 Å². The quantitative estimate of drug-likeness (QED) is 0.408. The lowest BCUT2D eigenvalue weighted by atomic mass is 9.54. The SMILES string of the molecule is CCCC1=C2[C@@H](CC/C(C)=C/c3ccc(CO)o3)OB(O)C[C@@H]2[C@@H]2C(=O)c3ccccc3C(=O)[C@@H]2C1. The first-order chi connectivity index (χ1) is 17.4. The summed E-state index contributed by atoms with van der Waals surface area (Å²) in [5, 5.41) is 19.9. The number of rotatable bonds is 7. The number of carbonyl (C=O) groups excluding carboxylic acids is 2. The van der Waals surface area contributed by atoms with Crippen molar-refractivity contribution in [1.82, 2.24) is 0 Å². The van der Waals surface area contributed by atoms with Crippen LogP contribution in [0.25, 0.3) is 6.08 Å². The van der Waals surface area contributed by atoms with Crippen LogP contribution in [0.5, 0.6) is 0 Å². The first-order valence-corrected chi connectivity index (χ1v) is 13.0. The molecule has 0 saturated carbocycles. The molecule has 1 saturated heterocycles. The molecule has 6 nitrogen and oxygen atoms in total. The summed E-state index contributed by atoms with van der Waals surface area (Å²) < 4.78 is 11.7. The van der Waals surface area contributed by atoms with Gasteiger partial charge in [-0.2, -0.15) is 0 Å². The van der Waals surface area contributed by atoms with E-state index >= 15 is 0 Å². The molecular formula is C29H33BO6. The molecule has 0 bridgehead atoms. The molecule has 0 radical (unpaired) electrons. The van der Waals surface area contributed by atoms with Crippen LogP contribution in [0.15, 0.2) is 57.5 Å². The fourth-order valence-corrected chi connectivity index (χ4v) is 6.44. The van der Waals surface area contributed by atoms with E-state index in [1.807, 2.05) is 31.2 Å². The third-order valence-electron chi connectivity index (χ3n) is 7.94. The molecule has 0 spiro atoms. The molecule has 1 aromatic carbocycles. The number of aliphatic hydroxyl groups excluding tert-OH is 1. The average molecular weight is 488 g/mol. The highest BCUT2D eigenvalue weighted by atomic mass is 16.5. The normalized spacial score (nSPS) is 26.1. The third-order valence-corrected chi connectivity index (χ3v) is 7.94. The van der Waals surface area contributed by atoms with E-state index in [2.05, 4.69) is 6.92 Å². The number of Topliss-reactive ketones (excluding diaryl/α,β-unsaturated/α-hetero) is 2. The molecule has 2 aliphatic carbocycles. The third kappa shape index (κ3) is 4.56. The van der Waals surface area contributed by atoms with Gasteiger partial charge in [0, 0.05) is 23.0 Å². The lowest BCUT2D eigenvalue weighted by molar-refractivity contribution is 0.0598. The summed E-state index contributed by atoms with van der Waals surface area (Å²) >= 11 is 0. The molecule has 0 amide bonds. The molecule has 5 rings (SSSR count). The van der Waals surface area contributed by atoms with Gasteiger partial charge >= 0.3 is 7.12 Å². The van der Waals surface area contributed by atoms with Crippen molar-refractivity contribution in [2.45, 2.75) is 65.0 Å². The first-order valence-electron chi connectivity index (χ1n) is 13.0. The van der Waals surface area contributed by atoms with Gasteiger partial charge in [-0.25, -0.2) is 0 Å². The molecule has 7 heteroatoms. The highest BCUT2D eigenvalue weighted by Crippen LogP contribution is 2.51. The summed E-state index contributed by atoms with van der Waals surface area (Å²) in [6.07, 6.45) is 5.79. The van der Waals surface area contributed by atoms with Crippen LogP contribution >= 0.6 is 0 Å². The molecule has 0 unspecified atom stereocenters. The number of allylic oxidation sites excluding steroid dienone is 2. The van der Waals surface area contributed by atoms with Crippen LogP contribution in [-0.4, -0.2) is 34.9 Å². The van der Waals surface area contributed by atoms with Gasteiger partial charge in [0.1, 0.15) is 18.1 Å². The second-order valence-corrected chi connectivity index (χ2v) is 10.3. The van der Waals surface area contributed by atoms with Gasteiger partial charge in [-0.1, -0.05) is 48.8 Å². The molecule has 2 heterocycles. The maximum absolute atomic E-state index is 13.7. The van der Waals surface area contributed by atoms with Gasteiger partial charge in [0.2, 0.25) is 0 Å². The maximum Gasteiger partial charge on any atom is 0.455 e. The predicted octanol–water partition coefficient (Wildman–Crippen LogP) is 5.26. The Morgan fingerprint density at radius 3 is 2.56 bits per heavy atom. The molecule has 4 atom stereocenters. The second kappa shape index (κ2) is 10.3. The Kier molecular flexibility index (Phi) is 7.15. The van der Waals surface area contributed by atoms with Gasteiger partial charge in [-0.15, -0.1) is 0 Å². The molecule has 36 heavy (non-hydrogen) atoms. The summed E-state index contributed by atoms with van der Waals surface area (Å²) in [6.45, 7) is 4.02. The van der Waals surface area contributed by atoms with Gasteiger partial charge < -0.3 is 19.2 Å². The number of fused-ring (bicyclic) bond motifs is 4. The highest BCUT2D eigenvalue weighted by molar-refractivity contribution is 6.43. The largest absolute Gasteiger partial charge is 0.459 e. The lowest BCUT2D eigenvalue weighted by Gasteiger charge is -2.47. The Balaban J connectivity index is 1.45. The number of furan rings is 1. The molecule has 1 fully saturated rings. The molecular weight excluding hydrogens is 455 g/mol. The number of ketones is 2. The number of benzene rings is 1. The van der Waals surface area contributed by atoms with Crippen molar-refractivity contribution in [3.8, 4) is 0 Å². The molecule has 1 aliphatic heterocycles. The minimum absolute atomic E-state index is 0.0229. The van der Waals surface area contributed by atoms with E-state index < -0.39 is 13.0 Å². The summed E-state index contributed by atoms with van der Waals surface area (Å²) in [6, 6.07) is 10.7. The van der Waals surface area contributed by atoms with Crippen molar-refractivity contribution >= 4 is 24.8 Å². The van der Waals surface area contributed by atoms with E-state index in [9.17, 15) is 19.7 Å². The van der Waals surface area contributed by atoms with Crippen molar-refractivity contribution in [3.63, 3.8) is 0 Å². The van der Waals surface area contributed by atoms with Crippen LogP contribution in [0, 0.1) is 17.8 Å². The number of hydrogen-bond donors (Lipinski definition) is 2. The number of hydrogen-bond acceptors (Lipinski definition) is 6. The smallest absolute Gasteiger partial charge is 0.455 e. The van der Waals surface area contributed by atoms with Crippen LogP contribution in [0.4, 0.5) is 0 Å². The molecule has 2 N–H and O–H groups in total. The van der Waals surface area contributed by atoms with Crippen molar-refractivity contribution in [2.75, 3.05) is 0 Å². The van der Waals surface area contributed by atoms with Crippen LogP contribution in [0.2, 0.25) is 6.32 Å². The number of aliphatic hydroxyl groups is 1. The van der Waals surface area contributed by atoms with Gasteiger partial charge in [0.25, 0.3) is 0 Å². The van der Waals surface area contributed by atoms with Gasteiger partial charge in [-0.3, -0.25) is 9.59 Å². The van der Waals surface area contributed by atoms with Crippen LogP contribution in [0.1, 0.15) is 78.2 Å². The highest BCUT2D eigenvalue weighted by Gasteiger charge is 2.53. The standard InChI is InChI=1S/C29H33BO6/c1-3-6-18-14-23-27(29(33)22-8-5-4-7-21(22)28(23)32)24-15-30(34)36-25(26(18)24)12-9-17(2)13-19-10-11-20(16-31)35-19/h4-5,7-8,10-11,13,23-25,27,31,34H,3,6,9,12,14-16H2,1-2H3/b17-13+/t23-,24+,25-,27-/m1/s1. The summed E-state index contributed by atoms with van der Waals surface area (Å²) in [5.74, 6) is 0.293. The van der Waals surface area contributed by atoms with Crippen molar-refractivity contribution in [2.24, 2.45) is 17.8 Å². The summed E-state index contributed by atoms with van der Waals surface area (Å²) in [4.78, 5) is 27.2. The van der Waals surface area contributed by atoms with Crippen LogP contribution in [-0.2, 0) is 11.3 Å². The Labute approximate surface area is 212 Å². The molecule has 188 valence electrons. The van der Waals surface area contributed by atoms with E-state index in [-0.39, 0.29) is 36.1 Å². The minimum atomic E-state index is -0.966. The van der Waals surface area contributed by atoms with Gasteiger partial charge in [0.05, 0.1) is 6.10 Å². The predicted molar refractivity (Wildman–Crippen MR) is 137 cm³/mol. The van der Waals surface area contributed by atoms with Crippen molar-refractivity contribution < 1.29 is 28.8 Å².